The van der Waals surface area contributed by atoms with Crippen molar-refractivity contribution >= 4 is 21.6 Å². The van der Waals surface area contributed by atoms with Gasteiger partial charge in [-0.25, -0.2) is 8.42 Å². The lowest BCUT2D eigenvalue weighted by molar-refractivity contribution is -0.116. The summed E-state index contributed by atoms with van der Waals surface area (Å²) in [6, 6.07) is 9.14. The van der Waals surface area contributed by atoms with Crippen molar-refractivity contribution in [2.75, 3.05) is 11.4 Å². The van der Waals surface area contributed by atoms with Crippen LogP contribution in [0.3, 0.4) is 0 Å². The van der Waals surface area contributed by atoms with E-state index in [4.69, 9.17) is 4.42 Å². The molecule has 30 heavy (non-hydrogen) atoms. The molecule has 1 aliphatic heterocycles. The van der Waals surface area contributed by atoms with Crippen LogP contribution in [-0.2, 0) is 27.8 Å². The third-order valence-corrected chi connectivity index (χ3v) is 8.47. The number of furan rings is 1. The van der Waals surface area contributed by atoms with Gasteiger partial charge in [-0.2, -0.15) is 4.31 Å². The van der Waals surface area contributed by atoms with Gasteiger partial charge in [0.15, 0.2) is 0 Å². The lowest BCUT2D eigenvalue weighted by Crippen LogP contribution is -2.35. The summed E-state index contributed by atoms with van der Waals surface area (Å²) in [6.45, 7) is 4.71. The fourth-order valence-corrected chi connectivity index (χ4v) is 6.22. The normalized spacial score (nSPS) is 23.5. The summed E-state index contributed by atoms with van der Waals surface area (Å²) in [6.07, 6.45) is 4.54. The molecule has 0 spiro atoms. The third kappa shape index (κ3) is 3.58. The van der Waals surface area contributed by atoms with Crippen molar-refractivity contribution in [1.82, 2.24) is 4.31 Å². The highest BCUT2D eigenvalue weighted by molar-refractivity contribution is 7.89. The maximum Gasteiger partial charge on any atom is 0.243 e. The van der Waals surface area contributed by atoms with Crippen LogP contribution in [0.2, 0.25) is 0 Å². The molecule has 160 valence electrons. The number of sulfonamides is 1. The molecule has 2 saturated carbocycles. The Morgan fingerprint density at radius 2 is 2.00 bits per heavy atom. The standard InChI is InChI=1S/C23H28N2O4S/c1-15-12-21(15)23-10-7-19(29-23)14-25(18-5-6-18)30(27,28)20-8-9-22-17(13-20)4-3-11-24(22)16(2)26/h7-10,13,15,18,21H,3-6,11-12,14H2,1-2H3. The predicted octanol–water partition coefficient (Wildman–Crippen LogP) is 4.06. The van der Waals surface area contributed by atoms with E-state index in [-0.39, 0.29) is 18.5 Å². The number of fused-ring (bicyclic) bond motifs is 1. The smallest absolute Gasteiger partial charge is 0.243 e. The van der Waals surface area contributed by atoms with E-state index in [9.17, 15) is 13.2 Å². The van der Waals surface area contributed by atoms with E-state index < -0.39 is 10.0 Å². The first kappa shape index (κ1) is 19.8. The number of hydrogen-bond acceptors (Lipinski definition) is 4. The van der Waals surface area contributed by atoms with E-state index in [2.05, 4.69) is 6.92 Å². The lowest BCUT2D eigenvalue weighted by Gasteiger charge is -2.29. The molecule has 0 saturated heterocycles. The Hall–Kier alpha value is -2.12. The summed E-state index contributed by atoms with van der Waals surface area (Å²) >= 11 is 0. The summed E-state index contributed by atoms with van der Waals surface area (Å²) in [4.78, 5) is 14.0. The maximum atomic E-state index is 13.5. The molecule has 0 N–H and O–H groups in total. The number of amides is 1. The van der Waals surface area contributed by atoms with E-state index >= 15 is 0 Å². The molecule has 6 nitrogen and oxygen atoms in total. The van der Waals surface area contributed by atoms with Crippen molar-refractivity contribution in [2.45, 2.75) is 69.4 Å². The highest BCUT2D eigenvalue weighted by atomic mass is 32.2. The second kappa shape index (κ2) is 7.24. The molecule has 2 aliphatic carbocycles. The number of benzene rings is 1. The van der Waals surface area contributed by atoms with E-state index in [1.165, 1.54) is 0 Å². The number of carbonyl (C=O) groups is 1. The molecule has 2 unspecified atom stereocenters. The van der Waals surface area contributed by atoms with Gasteiger partial charge >= 0.3 is 0 Å². The lowest BCUT2D eigenvalue weighted by atomic mass is 10.0. The second-order valence-corrected chi connectivity index (χ2v) is 10.9. The van der Waals surface area contributed by atoms with Gasteiger partial charge in [-0.1, -0.05) is 6.92 Å². The van der Waals surface area contributed by atoms with E-state index in [0.29, 0.717) is 29.0 Å². The van der Waals surface area contributed by atoms with Gasteiger partial charge in [-0.3, -0.25) is 4.79 Å². The number of anilines is 1. The first-order valence-electron chi connectivity index (χ1n) is 10.9. The highest BCUT2D eigenvalue weighted by Crippen LogP contribution is 2.47. The molecule has 1 aromatic heterocycles. The molecular weight excluding hydrogens is 400 g/mol. The molecule has 2 heterocycles. The maximum absolute atomic E-state index is 13.5. The fraction of sp³-hybridized carbons (Fsp3) is 0.522. The van der Waals surface area contributed by atoms with Gasteiger partial charge in [-0.05, 0) is 73.9 Å². The van der Waals surface area contributed by atoms with Crippen LogP contribution in [0.15, 0.2) is 39.6 Å². The molecule has 7 heteroatoms. The number of nitrogens with zero attached hydrogens (tertiary/aromatic N) is 2. The SMILES string of the molecule is CC(=O)N1CCCc2cc(S(=O)(=O)N(Cc3ccc(C4CC4C)o3)C3CC3)ccc21. The topological polar surface area (TPSA) is 70.8 Å². The van der Waals surface area contributed by atoms with E-state index in [1.807, 2.05) is 12.1 Å². The molecule has 1 amide bonds. The average Bonchev–Trinajstić information content (AvgIpc) is 3.64. The van der Waals surface area contributed by atoms with Crippen LogP contribution in [0.1, 0.15) is 62.5 Å². The van der Waals surface area contributed by atoms with Gasteiger partial charge in [0.1, 0.15) is 11.5 Å². The number of hydrogen-bond donors (Lipinski definition) is 0. The van der Waals surface area contributed by atoms with Gasteiger partial charge in [0.2, 0.25) is 15.9 Å². The Balaban J connectivity index is 1.42. The van der Waals surface area contributed by atoms with Crippen molar-refractivity contribution < 1.29 is 17.6 Å². The van der Waals surface area contributed by atoms with Crippen molar-refractivity contribution in [3.63, 3.8) is 0 Å². The summed E-state index contributed by atoms with van der Waals surface area (Å²) in [5.74, 6) is 2.81. The fourth-order valence-electron chi connectivity index (χ4n) is 4.52. The van der Waals surface area contributed by atoms with Crippen LogP contribution in [0.4, 0.5) is 5.69 Å². The first-order valence-corrected chi connectivity index (χ1v) is 12.3. The first-order chi connectivity index (χ1) is 14.3. The Kier molecular flexibility index (Phi) is 4.78. The highest BCUT2D eigenvalue weighted by Gasteiger charge is 2.40. The number of carbonyl (C=O) groups excluding carboxylic acids is 1. The average molecular weight is 429 g/mol. The van der Waals surface area contributed by atoms with Gasteiger partial charge in [0.05, 0.1) is 11.4 Å². The molecule has 0 bridgehead atoms. The van der Waals surface area contributed by atoms with Gasteiger partial charge in [0.25, 0.3) is 0 Å². The van der Waals surface area contributed by atoms with Crippen molar-refractivity contribution in [3.05, 3.63) is 47.4 Å². The number of aryl methyl sites for hydroxylation is 1. The molecule has 2 atom stereocenters. The van der Waals surface area contributed by atoms with Crippen molar-refractivity contribution in [2.24, 2.45) is 5.92 Å². The Morgan fingerprint density at radius 3 is 2.67 bits per heavy atom. The molecule has 2 fully saturated rings. The number of rotatable bonds is 6. The van der Waals surface area contributed by atoms with Gasteiger partial charge in [0, 0.05) is 31.1 Å². The quantitative estimate of drug-likeness (QED) is 0.696. The van der Waals surface area contributed by atoms with Crippen molar-refractivity contribution in [3.8, 4) is 0 Å². The van der Waals surface area contributed by atoms with Gasteiger partial charge in [-0.15, -0.1) is 0 Å². The molecular formula is C23H28N2O4S. The third-order valence-electron chi connectivity index (χ3n) is 6.58. The zero-order valence-corrected chi connectivity index (χ0v) is 18.3. The molecule has 0 radical (unpaired) electrons. The van der Waals surface area contributed by atoms with Crippen LogP contribution < -0.4 is 4.90 Å². The minimum absolute atomic E-state index is 0.00947. The van der Waals surface area contributed by atoms with Gasteiger partial charge < -0.3 is 9.32 Å². The minimum Gasteiger partial charge on any atom is -0.464 e. The van der Waals surface area contributed by atoms with Crippen LogP contribution >= 0.6 is 0 Å². The summed E-state index contributed by atoms with van der Waals surface area (Å²) in [5.41, 5.74) is 1.76. The Labute approximate surface area is 177 Å². The minimum atomic E-state index is -3.64. The van der Waals surface area contributed by atoms with Crippen LogP contribution in [0, 0.1) is 5.92 Å². The van der Waals surface area contributed by atoms with E-state index in [0.717, 1.165) is 49.1 Å². The molecule has 3 aliphatic rings. The Morgan fingerprint density at radius 1 is 1.23 bits per heavy atom. The summed E-state index contributed by atoms with van der Waals surface area (Å²) in [7, 11) is -3.64. The largest absolute Gasteiger partial charge is 0.464 e. The summed E-state index contributed by atoms with van der Waals surface area (Å²) in [5, 5.41) is 0. The zero-order chi connectivity index (χ0) is 21.0. The Bertz CT molecular complexity index is 1090. The van der Waals surface area contributed by atoms with Crippen LogP contribution in [0.25, 0.3) is 0 Å². The second-order valence-electron chi connectivity index (χ2n) is 8.97. The van der Waals surface area contributed by atoms with Crippen LogP contribution in [0.5, 0.6) is 0 Å². The monoisotopic (exact) mass is 428 g/mol. The molecule has 1 aromatic carbocycles. The summed E-state index contributed by atoms with van der Waals surface area (Å²) < 4.78 is 34.7. The predicted molar refractivity (Wildman–Crippen MR) is 114 cm³/mol. The molecule has 2 aromatic rings. The zero-order valence-electron chi connectivity index (χ0n) is 17.5. The van der Waals surface area contributed by atoms with E-state index in [1.54, 1.807) is 34.3 Å². The molecule has 5 rings (SSSR count). The van der Waals surface area contributed by atoms with Crippen molar-refractivity contribution in [1.29, 1.82) is 0 Å². The van der Waals surface area contributed by atoms with Crippen LogP contribution in [-0.4, -0.2) is 31.2 Å².